The molecule has 120 valence electrons. The van der Waals surface area contributed by atoms with E-state index in [0.29, 0.717) is 12.5 Å². The molecule has 2 N–H and O–H groups in total. The van der Waals surface area contributed by atoms with E-state index >= 15 is 0 Å². The molecule has 0 atom stereocenters. The summed E-state index contributed by atoms with van der Waals surface area (Å²) in [7, 11) is 1.78. The summed E-state index contributed by atoms with van der Waals surface area (Å²) in [5, 5.41) is 6.54. The van der Waals surface area contributed by atoms with Crippen molar-refractivity contribution in [3.63, 3.8) is 0 Å². The molecule has 0 fully saturated rings. The van der Waals surface area contributed by atoms with Crippen molar-refractivity contribution >= 4 is 5.96 Å². The van der Waals surface area contributed by atoms with Gasteiger partial charge in [0.2, 0.25) is 0 Å². The van der Waals surface area contributed by atoms with E-state index in [2.05, 4.69) is 39.0 Å². The van der Waals surface area contributed by atoms with Crippen molar-refractivity contribution in [3.8, 4) is 0 Å². The average Bonchev–Trinajstić information content (AvgIpc) is 2.97. The first-order chi connectivity index (χ1) is 10.2. The van der Waals surface area contributed by atoms with Gasteiger partial charge in [0, 0.05) is 45.7 Å². The standard InChI is InChI=1S/C15H29N5O/c1-14(2)5-11-21-12-8-19-15(16-3)18-6-4-9-20-10-7-17-13-20/h7,10,13-14H,4-6,8-9,11-12H2,1-3H3,(H2,16,18,19). The van der Waals surface area contributed by atoms with Crippen LogP contribution in [-0.4, -0.2) is 48.9 Å². The van der Waals surface area contributed by atoms with E-state index in [1.165, 1.54) is 0 Å². The molecule has 1 aromatic heterocycles. The van der Waals surface area contributed by atoms with E-state index in [1.54, 1.807) is 13.2 Å². The summed E-state index contributed by atoms with van der Waals surface area (Å²) in [5.74, 6) is 1.52. The molecule has 0 aromatic carbocycles. The summed E-state index contributed by atoms with van der Waals surface area (Å²) in [6.07, 6.45) is 7.75. The lowest BCUT2D eigenvalue weighted by Crippen LogP contribution is -2.39. The molecule has 0 spiro atoms. The minimum Gasteiger partial charge on any atom is -0.380 e. The smallest absolute Gasteiger partial charge is 0.191 e. The van der Waals surface area contributed by atoms with Crippen LogP contribution in [-0.2, 0) is 11.3 Å². The highest BCUT2D eigenvalue weighted by molar-refractivity contribution is 5.79. The average molecular weight is 295 g/mol. The van der Waals surface area contributed by atoms with Crippen LogP contribution < -0.4 is 10.6 Å². The molecule has 0 saturated carbocycles. The Balaban J connectivity index is 1.99. The molecular formula is C15H29N5O. The molecule has 0 aliphatic heterocycles. The van der Waals surface area contributed by atoms with Gasteiger partial charge in [0.05, 0.1) is 12.9 Å². The van der Waals surface area contributed by atoms with Gasteiger partial charge >= 0.3 is 0 Å². The van der Waals surface area contributed by atoms with Gasteiger partial charge in [0.25, 0.3) is 0 Å². The fraction of sp³-hybridized carbons (Fsp3) is 0.733. The van der Waals surface area contributed by atoms with E-state index in [4.69, 9.17) is 4.74 Å². The van der Waals surface area contributed by atoms with Crippen molar-refractivity contribution in [2.75, 3.05) is 33.4 Å². The third-order valence-corrected chi connectivity index (χ3v) is 3.05. The Morgan fingerprint density at radius 1 is 1.29 bits per heavy atom. The SMILES string of the molecule is CN=C(NCCCn1ccnc1)NCCOCCC(C)C. The van der Waals surface area contributed by atoms with E-state index in [0.717, 1.165) is 45.0 Å². The topological polar surface area (TPSA) is 63.5 Å². The number of aliphatic imine (C=N–C) groups is 1. The van der Waals surface area contributed by atoms with Gasteiger partial charge in [-0.25, -0.2) is 4.98 Å². The first-order valence-corrected chi connectivity index (χ1v) is 7.70. The molecule has 6 nitrogen and oxygen atoms in total. The lowest BCUT2D eigenvalue weighted by molar-refractivity contribution is 0.128. The van der Waals surface area contributed by atoms with Crippen LogP contribution in [0.2, 0.25) is 0 Å². The molecule has 0 unspecified atom stereocenters. The van der Waals surface area contributed by atoms with E-state index < -0.39 is 0 Å². The number of guanidine groups is 1. The van der Waals surface area contributed by atoms with Crippen LogP contribution in [0.15, 0.2) is 23.7 Å². The Labute approximate surface area is 128 Å². The predicted molar refractivity (Wildman–Crippen MR) is 86.5 cm³/mol. The van der Waals surface area contributed by atoms with E-state index in [9.17, 15) is 0 Å². The number of nitrogens with one attached hydrogen (secondary N) is 2. The second kappa shape index (κ2) is 11.1. The van der Waals surface area contributed by atoms with Gasteiger partial charge in [0.1, 0.15) is 0 Å². The zero-order valence-electron chi connectivity index (χ0n) is 13.5. The molecule has 0 aliphatic rings. The van der Waals surface area contributed by atoms with Gasteiger partial charge in [-0.3, -0.25) is 4.99 Å². The monoisotopic (exact) mass is 295 g/mol. The van der Waals surface area contributed by atoms with E-state index in [1.807, 2.05) is 12.5 Å². The summed E-state index contributed by atoms with van der Waals surface area (Å²) in [6.45, 7) is 8.57. The Bertz CT molecular complexity index is 375. The van der Waals surface area contributed by atoms with Crippen LogP contribution in [0.3, 0.4) is 0 Å². The maximum absolute atomic E-state index is 5.56. The Hall–Kier alpha value is -1.56. The summed E-state index contributed by atoms with van der Waals surface area (Å²) >= 11 is 0. The van der Waals surface area contributed by atoms with Crippen LogP contribution in [0.4, 0.5) is 0 Å². The maximum Gasteiger partial charge on any atom is 0.191 e. The number of aryl methyl sites for hydroxylation is 1. The number of rotatable bonds is 10. The first-order valence-electron chi connectivity index (χ1n) is 7.70. The quantitative estimate of drug-likeness (QED) is 0.390. The molecular weight excluding hydrogens is 266 g/mol. The van der Waals surface area contributed by atoms with Crippen molar-refractivity contribution in [2.24, 2.45) is 10.9 Å². The zero-order valence-corrected chi connectivity index (χ0v) is 13.5. The fourth-order valence-electron chi connectivity index (χ4n) is 1.77. The molecule has 21 heavy (non-hydrogen) atoms. The summed E-state index contributed by atoms with van der Waals surface area (Å²) in [4.78, 5) is 8.21. The maximum atomic E-state index is 5.56. The molecule has 0 bridgehead atoms. The Morgan fingerprint density at radius 3 is 2.76 bits per heavy atom. The second-order valence-corrected chi connectivity index (χ2v) is 5.37. The number of hydrogen-bond donors (Lipinski definition) is 2. The van der Waals surface area contributed by atoms with Crippen LogP contribution in [0.5, 0.6) is 0 Å². The molecule has 1 rings (SSSR count). The van der Waals surface area contributed by atoms with Gasteiger partial charge < -0.3 is 19.9 Å². The van der Waals surface area contributed by atoms with Crippen LogP contribution >= 0.6 is 0 Å². The van der Waals surface area contributed by atoms with Gasteiger partial charge in [-0.15, -0.1) is 0 Å². The van der Waals surface area contributed by atoms with Crippen LogP contribution in [0.25, 0.3) is 0 Å². The van der Waals surface area contributed by atoms with Crippen molar-refractivity contribution in [1.82, 2.24) is 20.2 Å². The molecule has 0 radical (unpaired) electrons. The molecule has 1 aromatic rings. The molecule has 0 aliphatic carbocycles. The number of nitrogens with zero attached hydrogens (tertiary/aromatic N) is 3. The van der Waals surface area contributed by atoms with Crippen LogP contribution in [0, 0.1) is 5.92 Å². The molecule has 1 heterocycles. The molecule has 6 heteroatoms. The lowest BCUT2D eigenvalue weighted by Gasteiger charge is -2.12. The minimum absolute atomic E-state index is 0.697. The van der Waals surface area contributed by atoms with Crippen molar-refractivity contribution in [3.05, 3.63) is 18.7 Å². The third kappa shape index (κ3) is 9.07. The number of imidazole rings is 1. The van der Waals surface area contributed by atoms with Gasteiger partial charge in [0.15, 0.2) is 5.96 Å². The summed E-state index contributed by atoms with van der Waals surface area (Å²) in [5.41, 5.74) is 0. The number of hydrogen-bond acceptors (Lipinski definition) is 3. The van der Waals surface area contributed by atoms with Gasteiger partial charge in [-0.1, -0.05) is 13.8 Å². The Kier molecular flexibility index (Phi) is 9.28. The van der Waals surface area contributed by atoms with Crippen LogP contribution in [0.1, 0.15) is 26.7 Å². The highest BCUT2D eigenvalue weighted by atomic mass is 16.5. The van der Waals surface area contributed by atoms with Gasteiger partial charge in [-0.2, -0.15) is 0 Å². The highest BCUT2D eigenvalue weighted by Gasteiger charge is 1.98. The number of aromatic nitrogens is 2. The Morgan fingerprint density at radius 2 is 2.10 bits per heavy atom. The third-order valence-electron chi connectivity index (χ3n) is 3.05. The van der Waals surface area contributed by atoms with Crippen molar-refractivity contribution in [1.29, 1.82) is 0 Å². The predicted octanol–water partition coefficient (Wildman–Crippen LogP) is 1.50. The largest absolute Gasteiger partial charge is 0.380 e. The summed E-state index contributed by atoms with van der Waals surface area (Å²) < 4.78 is 7.63. The summed E-state index contributed by atoms with van der Waals surface area (Å²) in [6, 6.07) is 0. The first kappa shape index (κ1) is 17.5. The molecule has 0 saturated heterocycles. The second-order valence-electron chi connectivity index (χ2n) is 5.37. The molecule has 0 amide bonds. The van der Waals surface area contributed by atoms with Gasteiger partial charge in [-0.05, 0) is 18.8 Å². The van der Waals surface area contributed by atoms with E-state index in [-0.39, 0.29) is 0 Å². The van der Waals surface area contributed by atoms with Crippen molar-refractivity contribution in [2.45, 2.75) is 33.2 Å². The normalized spacial score (nSPS) is 11.9. The lowest BCUT2D eigenvalue weighted by atomic mass is 10.1. The number of ether oxygens (including phenoxy) is 1. The minimum atomic E-state index is 0.697. The highest BCUT2D eigenvalue weighted by Crippen LogP contribution is 1.98. The van der Waals surface area contributed by atoms with Crippen molar-refractivity contribution < 1.29 is 4.74 Å². The fourth-order valence-corrected chi connectivity index (χ4v) is 1.77. The zero-order chi connectivity index (χ0) is 15.3.